The lowest BCUT2D eigenvalue weighted by molar-refractivity contribution is 0.143. The fourth-order valence-corrected chi connectivity index (χ4v) is 4.49. The van der Waals surface area contributed by atoms with Gasteiger partial charge in [-0.25, -0.2) is 8.42 Å². The number of rotatable bonds is 5. The summed E-state index contributed by atoms with van der Waals surface area (Å²) >= 11 is 0. The molecule has 0 spiro atoms. The zero-order valence-electron chi connectivity index (χ0n) is 13.9. The summed E-state index contributed by atoms with van der Waals surface area (Å²) in [6.07, 6.45) is 4.20. The topological polar surface area (TPSA) is 67.7 Å². The molecule has 3 heterocycles. The van der Waals surface area contributed by atoms with Crippen molar-refractivity contribution in [1.82, 2.24) is 19.0 Å². The number of hydrogen-bond donors (Lipinski definition) is 0. The maximum atomic E-state index is 12.7. The number of nitrogens with zero attached hydrogens (tertiary/aromatic N) is 4. The van der Waals surface area contributed by atoms with Crippen molar-refractivity contribution >= 4 is 10.0 Å². The van der Waals surface area contributed by atoms with Gasteiger partial charge in [0.05, 0.1) is 12.8 Å². The Bertz CT molecular complexity index is 614. The van der Waals surface area contributed by atoms with Crippen molar-refractivity contribution in [3.63, 3.8) is 0 Å². The van der Waals surface area contributed by atoms with Gasteiger partial charge in [0, 0.05) is 51.6 Å². The van der Waals surface area contributed by atoms with E-state index in [9.17, 15) is 8.42 Å². The highest BCUT2D eigenvalue weighted by molar-refractivity contribution is 7.89. The van der Waals surface area contributed by atoms with Gasteiger partial charge < -0.3 is 9.64 Å². The minimum atomic E-state index is -3.43. The minimum Gasteiger partial charge on any atom is -0.381 e. The van der Waals surface area contributed by atoms with Crippen LogP contribution in [0, 0.1) is 5.92 Å². The second-order valence-corrected chi connectivity index (χ2v) is 8.62. The van der Waals surface area contributed by atoms with Crippen LogP contribution in [0.4, 0.5) is 0 Å². The van der Waals surface area contributed by atoms with Gasteiger partial charge in [0.2, 0.25) is 10.0 Å². The number of sulfonamides is 1. The third-order valence-electron chi connectivity index (χ3n) is 4.62. The van der Waals surface area contributed by atoms with Crippen molar-refractivity contribution in [1.29, 1.82) is 0 Å². The van der Waals surface area contributed by atoms with Crippen LogP contribution < -0.4 is 0 Å². The number of aromatic nitrogens is 2. The molecule has 0 N–H and O–H groups in total. The normalized spacial score (nSPS) is 24.6. The van der Waals surface area contributed by atoms with Crippen LogP contribution >= 0.6 is 0 Å². The van der Waals surface area contributed by atoms with Crippen molar-refractivity contribution in [2.24, 2.45) is 5.92 Å². The quantitative estimate of drug-likeness (QED) is 0.792. The fraction of sp³-hybridized carbons (Fsp3) is 0.800. The van der Waals surface area contributed by atoms with Crippen molar-refractivity contribution in [3.8, 4) is 0 Å². The van der Waals surface area contributed by atoms with E-state index in [1.54, 1.807) is 15.2 Å². The second-order valence-electron chi connectivity index (χ2n) is 6.68. The Balaban J connectivity index is 1.59. The first-order chi connectivity index (χ1) is 11.0. The summed E-state index contributed by atoms with van der Waals surface area (Å²) in [5, 5.41) is 4.15. The Kier molecular flexibility index (Phi) is 5.05. The highest BCUT2D eigenvalue weighted by Crippen LogP contribution is 2.20. The standard InChI is InChI=1S/C15H26N4O3S/c1-13(2)19-11-15(9-16-19)23(20,21)18-6-4-17(5-7-18)10-14-3-8-22-12-14/h9,11,13-14H,3-8,10,12H2,1-2H3. The molecule has 2 aliphatic rings. The first kappa shape index (κ1) is 16.9. The minimum absolute atomic E-state index is 0.157. The van der Waals surface area contributed by atoms with Crippen LogP contribution in [0.25, 0.3) is 0 Å². The molecule has 1 aromatic rings. The summed E-state index contributed by atoms with van der Waals surface area (Å²) < 4.78 is 34.1. The monoisotopic (exact) mass is 342 g/mol. The van der Waals surface area contributed by atoms with Gasteiger partial charge in [-0.1, -0.05) is 0 Å². The maximum absolute atomic E-state index is 12.7. The van der Waals surface area contributed by atoms with Crippen LogP contribution in [0.3, 0.4) is 0 Å². The predicted molar refractivity (Wildman–Crippen MR) is 86.7 cm³/mol. The second kappa shape index (κ2) is 6.88. The summed E-state index contributed by atoms with van der Waals surface area (Å²) in [7, 11) is -3.43. The Morgan fingerprint density at radius 3 is 2.61 bits per heavy atom. The SMILES string of the molecule is CC(C)n1cc(S(=O)(=O)N2CCN(CC3CCOC3)CC2)cn1. The van der Waals surface area contributed by atoms with Crippen LogP contribution in [-0.2, 0) is 14.8 Å². The van der Waals surface area contributed by atoms with Crippen LogP contribution in [0.5, 0.6) is 0 Å². The fourth-order valence-electron chi connectivity index (χ4n) is 3.13. The number of piperazine rings is 1. The Labute approximate surface area is 138 Å². The molecule has 2 aliphatic heterocycles. The molecule has 0 amide bonds. The van der Waals surface area contributed by atoms with Crippen LogP contribution in [-0.4, -0.2) is 73.3 Å². The van der Waals surface area contributed by atoms with Gasteiger partial charge >= 0.3 is 0 Å². The summed E-state index contributed by atoms with van der Waals surface area (Å²) in [6, 6.07) is 0.157. The van der Waals surface area contributed by atoms with E-state index in [0.29, 0.717) is 23.9 Å². The molecular formula is C15H26N4O3S. The van der Waals surface area contributed by atoms with E-state index in [-0.39, 0.29) is 6.04 Å². The third-order valence-corrected chi connectivity index (χ3v) is 6.47. The molecule has 23 heavy (non-hydrogen) atoms. The molecule has 130 valence electrons. The molecule has 1 atom stereocenters. The molecule has 0 bridgehead atoms. The summed E-state index contributed by atoms with van der Waals surface area (Å²) in [4.78, 5) is 2.65. The number of hydrogen-bond acceptors (Lipinski definition) is 5. The smallest absolute Gasteiger partial charge is 0.246 e. The van der Waals surface area contributed by atoms with Crippen LogP contribution in [0.2, 0.25) is 0 Å². The molecule has 0 aliphatic carbocycles. The van der Waals surface area contributed by atoms with Gasteiger partial charge in [0.25, 0.3) is 0 Å². The molecular weight excluding hydrogens is 316 g/mol. The maximum Gasteiger partial charge on any atom is 0.246 e. The largest absolute Gasteiger partial charge is 0.381 e. The molecule has 8 heteroatoms. The van der Waals surface area contributed by atoms with E-state index < -0.39 is 10.0 Å². The van der Waals surface area contributed by atoms with E-state index in [1.807, 2.05) is 13.8 Å². The van der Waals surface area contributed by atoms with E-state index in [0.717, 1.165) is 39.3 Å². The lowest BCUT2D eigenvalue weighted by Crippen LogP contribution is -2.49. The van der Waals surface area contributed by atoms with Crippen LogP contribution in [0.1, 0.15) is 26.3 Å². The molecule has 7 nitrogen and oxygen atoms in total. The highest BCUT2D eigenvalue weighted by atomic mass is 32.2. The molecule has 2 fully saturated rings. The summed E-state index contributed by atoms with van der Waals surface area (Å²) in [5.41, 5.74) is 0. The molecule has 3 rings (SSSR count). The van der Waals surface area contributed by atoms with Crippen molar-refractivity contribution < 1.29 is 13.2 Å². The zero-order valence-corrected chi connectivity index (χ0v) is 14.7. The molecule has 1 aromatic heterocycles. The first-order valence-electron chi connectivity index (χ1n) is 8.31. The predicted octanol–water partition coefficient (Wildman–Crippen LogP) is 0.807. The highest BCUT2D eigenvalue weighted by Gasteiger charge is 2.30. The van der Waals surface area contributed by atoms with Crippen LogP contribution in [0.15, 0.2) is 17.3 Å². The lowest BCUT2D eigenvalue weighted by Gasteiger charge is -2.34. The summed E-state index contributed by atoms with van der Waals surface area (Å²) in [5.74, 6) is 0.599. The Morgan fingerprint density at radius 1 is 1.30 bits per heavy atom. The average molecular weight is 342 g/mol. The van der Waals surface area contributed by atoms with E-state index in [1.165, 1.54) is 6.20 Å². The zero-order chi connectivity index (χ0) is 16.4. The van der Waals surface area contributed by atoms with Crippen molar-refractivity contribution in [2.45, 2.75) is 31.2 Å². The van der Waals surface area contributed by atoms with Gasteiger partial charge in [0.1, 0.15) is 4.90 Å². The van der Waals surface area contributed by atoms with Gasteiger partial charge in [-0.05, 0) is 26.2 Å². The first-order valence-corrected chi connectivity index (χ1v) is 9.75. The Morgan fingerprint density at radius 2 is 2.04 bits per heavy atom. The molecule has 0 radical (unpaired) electrons. The molecule has 0 saturated carbocycles. The number of ether oxygens (including phenoxy) is 1. The van der Waals surface area contributed by atoms with Crippen molar-refractivity contribution in [3.05, 3.63) is 12.4 Å². The van der Waals surface area contributed by atoms with Gasteiger partial charge in [0.15, 0.2) is 0 Å². The van der Waals surface area contributed by atoms with Crippen molar-refractivity contribution in [2.75, 3.05) is 45.9 Å². The van der Waals surface area contributed by atoms with E-state index >= 15 is 0 Å². The van der Waals surface area contributed by atoms with E-state index in [2.05, 4.69) is 10.00 Å². The summed E-state index contributed by atoms with van der Waals surface area (Å²) in [6.45, 7) is 9.34. The average Bonchev–Trinajstić information content (AvgIpc) is 3.19. The molecule has 1 unspecified atom stereocenters. The van der Waals surface area contributed by atoms with E-state index in [4.69, 9.17) is 4.74 Å². The molecule has 0 aromatic carbocycles. The van der Waals surface area contributed by atoms with Gasteiger partial charge in [-0.15, -0.1) is 0 Å². The third kappa shape index (κ3) is 3.76. The van der Waals surface area contributed by atoms with Gasteiger partial charge in [-0.2, -0.15) is 9.40 Å². The lowest BCUT2D eigenvalue weighted by atomic mass is 10.1. The molecule has 2 saturated heterocycles. The van der Waals surface area contributed by atoms with Gasteiger partial charge in [-0.3, -0.25) is 4.68 Å². The Hall–Kier alpha value is -0.960.